The molecule has 136 valence electrons. The van der Waals surface area contributed by atoms with Crippen molar-refractivity contribution in [1.29, 1.82) is 0 Å². The van der Waals surface area contributed by atoms with Crippen LogP contribution in [-0.4, -0.2) is 15.4 Å². The van der Waals surface area contributed by atoms with Crippen molar-refractivity contribution in [2.45, 2.75) is 13.5 Å². The summed E-state index contributed by atoms with van der Waals surface area (Å²) in [7, 11) is 0. The molecule has 0 atom stereocenters. The van der Waals surface area contributed by atoms with Crippen LogP contribution in [0.15, 0.2) is 51.8 Å². The van der Waals surface area contributed by atoms with Gasteiger partial charge in [-0.15, -0.1) is 0 Å². The molecule has 1 aromatic carbocycles. The predicted octanol–water partition coefficient (Wildman–Crippen LogP) is 3.90. The van der Waals surface area contributed by atoms with Crippen LogP contribution in [0, 0.1) is 12.7 Å². The van der Waals surface area contributed by atoms with E-state index in [0.717, 1.165) is 0 Å². The molecule has 0 aliphatic rings. The van der Waals surface area contributed by atoms with Gasteiger partial charge in [-0.25, -0.2) is 14.2 Å². The van der Waals surface area contributed by atoms with Gasteiger partial charge in [0.05, 0.1) is 10.7 Å². The third-order valence-corrected chi connectivity index (χ3v) is 4.35. The zero-order valence-electron chi connectivity index (χ0n) is 14.0. The van der Waals surface area contributed by atoms with Crippen molar-refractivity contribution >= 4 is 34.2 Å². The molecule has 0 saturated heterocycles. The topological polar surface area (TPSA) is 73.8 Å². The van der Waals surface area contributed by atoms with E-state index in [1.165, 1.54) is 28.8 Å². The Morgan fingerprint density at radius 1 is 1.33 bits per heavy atom. The van der Waals surface area contributed by atoms with Gasteiger partial charge in [-0.2, -0.15) is 0 Å². The molecule has 0 fully saturated rings. The van der Waals surface area contributed by atoms with Crippen LogP contribution < -0.4 is 5.56 Å². The van der Waals surface area contributed by atoms with Crippen molar-refractivity contribution < 1.29 is 18.3 Å². The maximum atomic E-state index is 13.8. The smallest absolute Gasteiger partial charge is 0.374 e. The van der Waals surface area contributed by atoms with Crippen LogP contribution in [-0.2, 0) is 11.3 Å². The van der Waals surface area contributed by atoms with E-state index >= 15 is 0 Å². The molecule has 0 aliphatic carbocycles. The van der Waals surface area contributed by atoms with Crippen molar-refractivity contribution in [2.75, 3.05) is 0 Å². The Hall–Kier alpha value is -3.19. The number of esters is 1. The molecule has 0 aliphatic heterocycles. The van der Waals surface area contributed by atoms with Crippen LogP contribution in [0.1, 0.15) is 21.8 Å². The Kier molecular flexibility index (Phi) is 4.16. The van der Waals surface area contributed by atoms with E-state index in [4.69, 9.17) is 20.8 Å². The number of fused-ring (bicyclic) bond motifs is 2. The molecular weight excluding hydrogens is 375 g/mol. The molecule has 8 heteroatoms. The summed E-state index contributed by atoms with van der Waals surface area (Å²) in [6.45, 7) is 1.42. The molecule has 0 spiro atoms. The number of aryl methyl sites for hydroxylation is 1. The lowest BCUT2D eigenvalue weighted by Gasteiger charge is -2.05. The summed E-state index contributed by atoms with van der Waals surface area (Å²) in [5, 5.41) is 0.902. The molecule has 0 bridgehead atoms. The number of carbonyl (C=O) groups is 1. The number of furan rings is 1. The number of ether oxygens (including phenoxy) is 1. The Bertz CT molecular complexity index is 1260. The Morgan fingerprint density at radius 3 is 2.93 bits per heavy atom. The van der Waals surface area contributed by atoms with Gasteiger partial charge >= 0.3 is 5.97 Å². The number of halogens is 2. The lowest BCUT2D eigenvalue weighted by molar-refractivity contribution is 0.0432. The number of rotatable bonds is 3. The van der Waals surface area contributed by atoms with Crippen LogP contribution >= 0.6 is 11.6 Å². The fourth-order valence-corrected chi connectivity index (χ4v) is 2.97. The van der Waals surface area contributed by atoms with Crippen LogP contribution in [0.5, 0.6) is 0 Å². The van der Waals surface area contributed by atoms with Crippen LogP contribution in [0.2, 0.25) is 5.02 Å². The molecule has 3 heterocycles. The first-order valence-electron chi connectivity index (χ1n) is 7.96. The maximum Gasteiger partial charge on any atom is 0.374 e. The Morgan fingerprint density at radius 2 is 2.15 bits per heavy atom. The van der Waals surface area contributed by atoms with Gasteiger partial charge in [-0.1, -0.05) is 23.7 Å². The third-order valence-electron chi connectivity index (χ3n) is 4.13. The minimum atomic E-state index is -0.763. The zero-order chi connectivity index (χ0) is 19.1. The second-order valence-corrected chi connectivity index (χ2v) is 6.35. The fourth-order valence-electron chi connectivity index (χ4n) is 2.81. The van der Waals surface area contributed by atoms with Crippen molar-refractivity contribution in [2.24, 2.45) is 0 Å². The normalized spacial score (nSPS) is 11.2. The molecule has 3 aromatic heterocycles. The van der Waals surface area contributed by atoms with Gasteiger partial charge in [0.15, 0.2) is 11.4 Å². The lowest BCUT2D eigenvalue weighted by Crippen LogP contribution is -2.16. The third kappa shape index (κ3) is 3.06. The second kappa shape index (κ2) is 6.51. The molecule has 0 radical (unpaired) electrons. The minimum Gasteiger partial charge on any atom is -0.453 e. The van der Waals surface area contributed by atoms with Crippen molar-refractivity contribution in [3.05, 3.63) is 80.8 Å². The summed E-state index contributed by atoms with van der Waals surface area (Å²) in [5.41, 5.74) is 0.780. The highest BCUT2D eigenvalue weighted by molar-refractivity contribution is 6.30. The lowest BCUT2D eigenvalue weighted by atomic mass is 10.1. The van der Waals surface area contributed by atoms with Crippen molar-refractivity contribution in [3.63, 3.8) is 0 Å². The molecule has 0 saturated carbocycles. The average Bonchev–Trinajstić information content (AvgIpc) is 2.99. The first-order chi connectivity index (χ1) is 12.9. The fraction of sp³-hybridized carbons (Fsp3) is 0.105. The van der Waals surface area contributed by atoms with E-state index in [9.17, 15) is 14.0 Å². The monoisotopic (exact) mass is 386 g/mol. The van der Waals surface area contributed by atoms with Gasteiger partial charge in [0.1, 0.15) is 12.3 Å². The molecule has 0 unspecified atom stereocenters. The van der Waals surface area contributed by atoms with Gasteiger partial charge in [-0.05, 0) is 25.1 Å². The molecule has 6 nitrogen and oxygen atoms in total. The molecule has 4 rings (SSSR count). The van der Waals surface area contributed by atoms with E-state index in [-0.39, 0.29) is 29.2 Å². The maximum absolute atomic E-state index is 13.8. The number of para-hydroxylation sites is 1. The van der Waals surface area contributed by atoms with Crippen LogP contribution in [0.25, 0.3) is 16.6 Å². The average molecular weight is 387 g/mol. The zero-order valence-corrected chi connectivity index (χ0v) is 14.8. The number of hydrogen-bond donors (Lipinski definition) is 0. The summed E-state index contributed by atoms with van der Waals surface area (Å²) in [5.74, 6) is -1.40. The largest absolute Gasteiger partial charge is 0.453 e. The minimum absolute atomic E-state index is 0.000836. The number of hydrogen-bond acceptors (Lipinski definition) is 5. The Labute approximate surface area is 156 Å². The SMILES string of the molecule is Cc1c(C(=O)OCc2cc(=O)n3cc(Cl)ccc3n2)oc2c(F)cccc12. The Balaban J connectivity index is 1.60. The van der Waals surface area contributed by atoms with Crippen molar-refractivity contribution in [3.8, 4) is 0 Å². The number of aromatic nitrogens is 2. The van der Waals surface area contributed by atoms with Gasteiger partial charge < -0.3 is 9.15 Å². The first-order valence-corrected chi connectivity index (χ1v) is 8.34. The molecule has 4 aromatic rings. The number of carbonyl (C=O) groups excluding carboxylic acids is 1. The van der Waals surface area contributed by atoms with E-state index in [0.29, 0.717) is 21.6 Å². The van der Waals surface area contributed by atoms with E-state index in [1.807, 2.05) is 0 Å². The van der Waals surface area contributed by atoms with Gasteiger partial charge in [0, 0.05) is 23.2 Å². The summed E-state index contributed by atoms with van der Waals surface area (Å²) >= 11 is 5.87. The number of pyridine rings is 1. The number of benzene rings is 1. The summed E-state index contributed by atoms with van der Waals surface area (Å²) in [6, 6.07) is 8.88. The number of nitrogens with zero attached hydrogens (tertiary/aromatic N) is 2. The second-order valence-electron chi connectivity index (χ2n) is 5.91. The van der Waals surface area contributed by atoms with Gasteiger partial charge in [-0.3, -0.25) is 9.20 Å². The highest BCUT2D eigenvalue weighted by atomic mass is 35.5. The predicted molar refractivity (Wildman–Crippen MR) is 96.5 cm³/mol. The standard InChI is InChI=1S/C19H12ClFN2O4/c1-10-13-3-2-4-14(21)18(13)27-17(10)19(25)26-9-12-7-16(24)23-8-11(20)5-6-15(23)22-12/h2-8H,9H2,1H3. The van der Waals surface area contributed by atoms with Crippen LogP contribution in [0.3, 0.4) is 0 Å². The van der Waals surface area contributed by atoms with Gasteiger partial charge in [0.25, 0.3) is 5.56 Å². The van der Waals surface area contributed by atoms with E-state index in [1.54, 1.807) is 25.1 Å². The van der Waals surface area contributed by atoms with Crippen LogP contribution in [0.4, 0.5) is 4.39 Å². The highest BCUT2D eigenvalue weighted by Gasteiger charge is 2.21. The quantitative estimate of drug-likeness (QED) is 0.499. The summed E-state index contributed by atoms with van der Waals surface area (Å²) < 4.78 is 25.6. The molecule has 0 N–H and O–H groups in total. The first kappa shape index (κ1) is 17.2. The van der Waals surface area contributed by atoms with Crippen molar-refractivity contribution in [1.82, 2.24) is 9.38 Å². The molecular formula is C19H12ClFN2O4. The van der Waals surface area contributed by atoms with E-state index < -0.39 is 11.8 Å². The molecule has 0 amide bonds. The van der Waals surface area contributed by atoms with Gasteiger partial charge in [0.2, 0.25) is 5.76 Å². The highest BCUT2D eigenvalue weighted by Crippen LogP contribution is 2.27. The summed E-state index contributed by atoms with van der Waals surface area (Å²) in [4.78, 5) is 28.7. The molecule has 27 heavy (non-hydrogen) atoms. The summed E-state index contributed by atoms with van der Waals surface area (Å²) in [6.07, 6.45) is 1.45. The van der Waals surface area contributed by atoms with E-state index in [2.05, 4.69) is 4.98 Å².